The molecule has 4 N–H and O–H groups in total. The summed E-state index contributed by atoms with van der Waals surface area (Å²) in [5.41, 5.74) is -2.23. The van der Waals surface area contributed by atoms with E-state index >= 15 is 4.39 Å². The van der Waals surface area contributed by atoms with E-state index in [4.69, 9.17) is 4.74 Å². The fourth-order valence-electron chi connectivity index (χ4n) is 8.86. The topological polar surface area (TPSA) is 106 Å². The van der Waals surface area contributed by atoms with Gasteiger partial charge in [-0.2, -0.15) is 0 Å². The molecular formula is C30H35FN2O5. The molecule has 8 heteroatoms. The highest BCUT2D eigenvalue weighted by Crippen LogP contribution is 2.70. The van der Waals surface area contributed by atoms with E-state index in [1.54, 1.807) is 6.20 Å². The molecule has 3 unspecified atom stereocenters. The van der Waals surface area contributed by atoms with E-state index in [0.29, 0.717) is 30.2 Å². The van der Waals surface area contributed by atoms with Crippen molar-refractivity contribution in [3.8, 4) is 5.88 Å². The van der Waals surface area contributed by atoms with Crippen LogP contribution in [0, 0.1) is 11.3 Å². The first-order valence-corrected chi connectivity index (χ1v) is 13.6. The molecule has 9 atom stereocenters. The number of aliphatic hydroxyl groups excluding tert-OH is 3. The van der Waals surface area contributed by atoms with Gasteiger partial charge < -0.3 is 30.1 Å². The van der Waals surface area contributed by atoms with Crippen molar-refractivity contribution in [2.75, 3.05) is 14.1 Å². The number of hydrogen-bond acceptors (Lipinski definition) is 7. The molecule has 0 amide bonds. The van der Waals surface area contributed by atoms with Crippen LogP contribution < -0.4 is 0 Å². The lowest BCUT2D eigenvalue weighted by Crippen LogP contribution is -2.78. The minimum Gasteiger partial charge on any atom is -0.493 e. The molecule has 7 nitrogen and oxygen atoms in total. The number of aromatic nitrogens is 1. The standard InChI is InChI=1S/C30H35FN2O5/c1-27-10-8-20-24(35)30(31)25(36)23(34)21(33(2)3)15-28(30)11-12-29(20,38-28)22(27)7-6-19(27)17-4-5-18-16(14-17)9-13-32-26(18)37/h4-6,8-9,13-14,21-25,34-36H,7,10-12,15H2,1-3H3,(H,32,37)/t21-,22?,23+,24?,25-,27+,28+,29+,30?/m0/s1. The zero-order chi connectivity index (χ0) is 26.8. The van der Waals surface area contributed by atoms with Crippen LogP contribution in [0.2, 0.25) is 0 Å². The third-order valence-corrected chi connectivity index (χ3v) is 10.8. The van der Waals surface area contributed by atoms with Crippen molar-refractivity contribution in [3.63, 3.8) is 0 Å². The molecule has 2 spiro atoms. The van der Waals surface area contributed by atoms with Crippen LogP contribution in [-0.2, 0) is 4.74 Å². The molecule has 3 heterocycles. The largest absolute Gasteiger partial charge is 0.493 e. The van der Waals surface area contributed by atoms with Gasteiger partial charge >= 0.3 is 0 Å². The normalized spacial score (nSPS) is 45.4. The first-order chi connectivity index (χ1) is 18.0. The Morgan fingerprint density at radius 1 is 1.11 bits per heavy atom. The number of hydrogen-bond donors (Lipinski definition) is 4. The van der Waals surface area contributed by atoms with E-state index in [1.165, 1.54) is 5.57 Å². The molecule has 1 aromatic heterocycles. The molecule has 38 heavy (non-hydrogen) atoms. The van der Waals surface area contributed by atoms with Gasteiger partial charge in [0, 0.05) is 29.0 Å². The van der Waals surface area contributed by atoms with E-state index in [-0.39, 0.29) is 23.6 Å². The molecule has 2 aliphatic heterocycles. The quantitative estimate of drug-likeness (QED) is 0.449. The Morgan fingerprint density at radius 3 is 2.66 bits per heavy atom. The van der Waals surface area contributed by atoms with Crippen molar-refractivity contribution in [2.24, 2.45) is 11.3 Å². The van der Waals surface area contributed by atoms with Gasteiger partial charge in [0.2, 0.25) is 5.88 Å². The van der Waals surface area contributed by atoms with Gasteiger partial charge in [-0.25, -0.2) is 9.37 Å². The Hall–Kier alpha value is -2.36. The Bertz CT molecular complexity index is 1410. The first-order valence-electron chi connectivity index (χ1n) is 13.6. The van der Waals surface area contributed by atoms with E-state index in [0.717, 1.165) is 17.4 Å². The van der Waals surface area contributed by atoms with Crippen LogP contribution in [0.5, 0.6) is 5.88 Å². The summed E-state index contributed by atoms with van der Waals surface area (Å²) < 4.78 is 23.9. The second-order valence-corrected chi connectivity index (χ2v) is 12.6. The maximum atomic E-state index is 17.0. The lowest BCUT2D eigenvalue weighted by Gasteiger charge is -2.62. The average Bonchev–Trinajstić information content (AvgIpc) is 3.43. The van der Waals surface area contributed by atoms with Crippen LogP contribution in [0.1, 0.15) is 44.6 Å². The number of ether oxygens (including phenoxy) is 1. The van der Waals surface area contributed by atoms with Crippen molar-refractivity contribution in [2.45, 2.75) is 80.3 Å². The van der Waals surface area contributed by atoms with Crippen molar-refractivity contribution >= 4 is 16.3 Å². The number of aliphatic hydroxyl groups is 3. The number of aromatic hydroxyl groups is 1. The zero-order valence-corrected chi connectivity index (χ0v) is 21.9. The molecule has 2 aromatic rings. The second-order valence-electron chi connectivity index (χ2n) is 12.6. The van der Waals surface area contributed by atoms with Crippen LogP contribution in [0.4, 0.5) is 4.39 Å². The van der Waals surface area contributed by atoms with Gasteiger partial charge in [-0.3, -0.25) is 0 Å². The third kappa shape index (κ3) is 2.73. The van der Waals surface area contributed by atoms with E-state index in [9.17, 15) is 20.4 Å². The predicted octanol–water partition coefficient (Wildman–Crippen LogP) is 3.11. The Labute approximate surface area is 221 Å². The summed E-state index contributed by atoms with van der Waals surface area (Å²) in [6.07, 6.45) is 3.61. The van der Waals surface area contributed by atoms with E-state index < -0.39 is 41.2 Å². The van der Waals surface area contributed by atoms with Crippen molar-refractivity contribution < 1.29 is 29.6 Å². The summed E-state index contributed by atoms with van der Waals surface area (Å²) >= 11 is 0. The molecule has 0 radical (unpaired) electrons. The van der Waals surface area contributed by atoms with Crippen molar-refractivity contribution in [1.82, 2.24) is 9.88 Å². The van der Waals surface area contributed by atoms with Crippen LogP contribution in [0.15, 0.2) is 48.2 Å². The van der Waals surface area contributed by atoms with E-state index in [2.05, 4.69) is 24.1 Å². The lowest BCUT2D eigenvalue weighted by atomic mass is 9.55. The molecule has 202 valence electrons. The fourth-order valence-corrected chi connectivity index (χ4v) is 8.86. The zero-order valence-electron chi connectivity index (χ0n) is 21.9. The predicted molar refractivity (Wildman–Crippen MR) is 140 cm³/mol. The number of pyridine rings is 1. The minimum atomic E-state index is -2.48. The van der Waals surface area contributed by atoms with Crippen molar-refractivity contribution in [1.29, 1.82) is 0 Å². The summed E-state index contributed by atoms with van der Waals surface area (Å²) in [6.45, 7) is 2.23. The number of likely N-dealkylation sites (N-methyl/N-ethyl adjacent to an activating group) is 1. The van der Waals surface area contributed by atoms with Crippen LogP contribution in [0.25, 0.3) is 16.3 Å². The summed E-state index contributed by atoms with van der Waals surface area (Å²) in [5, 5.41) is 45.3. The number of nitrogens with zero attached hydrogens (tertiary/aromatic N) is 2. The van der Waals surface area contributed by atoms with Gasteiger partial charge in [0.05, 0.1) is 11.7 Å². The molecule has 3 fully saturated rings. The van der Waals surface area contributed by atoms with Gasteiger partial charge in [-0.1, -0.05) is 25.1 Å². The van der Waals surface area contributed by atoms with E-state index in [1.807, 2.05) is 43.3 Å². The number of alkyl halides is 1. The van der Waals surface area contributed by atoms with Gasteiger partial charge in [0.1, 0.15) is 17.8 Å². The third-order valence-electron chi connectivity index (χ3n) is 10.8. The van der Waals surface area contributed by atoms with Gasteiger partial charge in [-0.05, 0) is 86.5 Å². The fraction of sp³-hybridized carbons (Fsp3) is 0.567. The number of fused-ring (bicyclic) bond motifs is 2. The molecule has 2 saturated heterocycles. The minimum absolute atomic E-state index is 0.00749. The monoisotopic (exact) mass is 522 g/mol. The molecule has 2 bridgehead atoms. The maximum Gasteiger partial charge on any atom is 0.218 e. The van der Waals surface area contributed by atoms with Crippen LogP contribution in [-0.4, -0.2) is 85.6 Å². The highest BCUT2D eigenvalue weighted by atomic mass is 19.1. The number of benzene rings is 1. The Balaban J connectivity index is 1.31. The van der Waals surface area contributed by atoms with Crippen LogP contribution in [0.3, 0.4) is 0 Å². The summed E-state index contributed by atoms with van der Waals surface area (Å²) in [5.74, 6) is 0.000882. The lowest BCUT2D eigenvalue weighted by molar-refractivity contribution is -0.308. The molecule has 1 aromatic carbocycles. The highest BCUT2D eigenvalue weighted by Gasteiger charge is 2.79. The number of halogens is 1. The summed E-state index contributed by atoms with van der Waals surface area (Å²) in [4.78, 5) is 5.79. The summed E-state index contributed by atoms with van der Waals surface area (Å²) in [7, 11) is 3.62. The smallest absolute Gasteiger partial charge is 0.218 e. The molecule has 3 aliphatic carbocycles. The summed E-state index contributed by atoms with van der Waals surface area (Å²) in [6, 6.07) is 7.38. The SMILES string of the molecule is CN(C)[C@H]1C[C@@]23CC[C@@]4(O2)C(=CC[C@]2(C)C(c5ccc6c(O)nccc6c5)=CCC24)C(O)C3(F)[C@@H](O)[C@@H]1O. The molecule has 7 rings (SSSR count). The van der Waals surface area contributed by atoms with Gasteiger partial charge in [0.25, 0.3) is 0 Å². The molecule has 1 saturated carbocycles. The Morgan fingerprint density at radius 2 is 1.89 bits per heavy atom. The van der Waals surface area contributed by atoms with Gasteiger partial charge in [0.15, 0.2) is 5.67 Å². The first kappa shape index (κ1) is 24.7. The second kappa shape index (κ2) is 7.64. The average molecular weight is 523 g/mol. The van der Waals surface area contributed by atoms with Crippen LogP contribution >= 0.6 is 0 Å². The number of rotatable bonds is 2. The molecular weight excluding hydrogens is 487 g/mol. The van der Waals surface area contributed by atoms with Crippen molar-refractivity contribution in [3.05, 3.63) is 53.8 Å². The molecule has 5 aliphatic rings. The highest BCUT2D eigenvalue weighted by molar-refractivity contribution is 5.90. The number of allylic oxidation sites excluding steroid dienone is 3. The Kier molecular flexibility index (Phi) is 4.96. The van der Waals surface area contributed by atoms with Gasteiger partial charge in [-0.15, -0.1) is 0 Å². The maximum absolute atomic E-state index is 17.0.